The van der Waals surface area contributed by atoms with Crippen molar-refractivity contribution in [1.29, 1.82) is 0 Å². The molecule has 1 rings (SSSR count). The molecule has 1 heterocycles. The summed E-state index contributed by atoms with van der Waals surface area (Å²) in [6.07, 6.45) is 3.29. The van der Waals surface area contributed by atoms with Crippen LogP contribution in [0.4, 0.5) is 5.69 Å². The molecular formula is C8H16N4O2S. The van der Waals surface area contributed by atoms with Gasteiger partial charge in [-0.3, -0.25) is 13.5 Å². The molecule has 0 radical (unpaired) electrons. The number of aromatic nitrogens is 2. The summed E-state index contributed by atoms with van der Waals surface area (Å²) in [6, 6.07) is 0. The highest BCUT2D eigenvalue weighted by Crippen LogP contribution is 2.13. The first-order valence-corrected chi connectivity index (χ1v) is 5.59. The van der Waals surface area contributed by atoms with Gasteiger partial charge in [-0.1, -0.05) is 0 Å². The van der Waals surface area contributed by atoms with Crippen molar-refractivity contribution in [3.05, 3.63) is 12.4 Å². The van der Waals surface area contributed by atoms with Crippen LogP contribution in [0.25, 0.3) is 0 Å². The summed E-state index contributed by atoms with van der Waals surface area (Å²) in [7, 11) is 5.61. The van der Waals surface area contributed by atoms with Gasteiger partial charge >= 0.3 is 0 Å². The number of likely N-dealkylation sites (N-methyl/N-ethyl adjacent to an activating group) is 1. The van der Waals surface area contributed by atoms with Gasteiger partial charge < -0.3 is 4.90 Å². The number of nitrogens with zero attached hydrogens (tertiary/aromatic N) is 4. The normalized spacial score (nSPS) is 13.1. The molecule has 1 unspecified atom stereocenters. The van der Waals surface area contributed by atoms with E-state index in [1.54, 1.807) is 24.1 Å². The summed E-state index contributed by atoms with van der Waals surface area (Å²) in [5, 5.41) is 3.96. The predicted molar refractivity (Wildman–Crippen MR) is 59.9 cm³/mol. The highest BCUT2D eigenvalue weighted by Gasteiger charge is 2.13. The smallest absolute Gasteiger partial charge is 0.261 e. The number of hydrogen-bond donors (Lipinski definition) is 1. The molecule has 0 aliphatic carbocycles. The minimum Gasteiger partial charge on any atom is -0.308 e. The van der Waals surface area contributed by atoms with Gasteiger partial charge in [0.15, 0.2) is 0 Å². The fourth-order valence-electron chi connectivity index (χ4n) is 1.13. The molecule has 1 atom stereocenters. The molecule has 0 bridgehead atoms. The van der Waals surface area contributed by atoms with Crippen LogP contribution in [0.3, 0.4) is 0 Å². The maximum Gasteiger partial charge on any atom is 0.261 e. The molecule has 1 aromatic heterocycles. The van der Waals surface area contributed by atoms with Crippen molar-refractivity contribution in [2.45, 2.75) is 0 Å². The van der Waals surface area contributed by atoms with Gasteiger partial charge in [-0.05, 0) is 14.1 Å². The van der Waals surface area contributed by atoms with E-state index in [4.69, 9.17) is 4.55 Å². The van der Waals surface area contributed by atoms with E-state index in [9.17, 15) is 4.21 Å². The largest absolute Gasteiger partial charge is 0.308 e. The van der Waals surface area contributed by atoms with Gasteiger partial charge in [-0.2, -0.15) is 5.10 Å². The minimum atomic E-state index is -2.00. The van der Waals surface area contributed by atoms with Crippen LogP contribution in [0.1, 0.15) is 0 Å². The van der Waals surface area contributed by atoms with Crippen LogP contribution in [0, 0.1) is 0 Å². The molecule has 0 fully saturated rings. The highest BCUT2D eigenvalue weighted by molar-refractivity contribution is 7.80. The highest BCUT2D eigenvalue weighted by atomic mass is 32.2. The molecule has 0 amide bonds. The Morgan fingerprint density at radius 2 is 2.20 bits per heavy atom. The monoisotopic (exact) mass is 232 g/mol. The van der Waals surface area contributed by atoms with E-state index >= 15 is 0 Å². The van der Waals surface area contributed by atoms with E-state index < -0.39 is 11.3 Å². The molecule has 0 aliphatic rings. The number of anilines is 1. The molecule has 6 nitrogen and oxygen atoms in total. The Morgan fingerprint density at radius 3 is 2.60 bits per heavy atom. The van der Waals surface area contributed by atoms with Gasteiger partial charge in [-0.25, -0.2) is 4.21 Å². The van der Waals surface area contributed by atoms with Crippen LogP contribution in [0.2, 0.25) is 0 Å². The lowest BCUT2D eigenvalue weighted by molar-refractivity contribution is 0.418. The van der Waals surface area contributed by atoms with E-state index in [1.165, 1.54) is 4.31 Å². The second-order valence-electron chi connectivity index (χ2n) is 3.51. The molecule has 1 N–H and O–H groups in total. The average molecular weight is 232 g/mol. The molecule has 15 heavy (non-hydrogen) atoms. The molecule has 86 valence electrons. The van der Waals surface area contributed by atoms with E-state index in [1.807, 2.05) is 19.0 Å². The topological polar surface area (TPSA) is 61.6 Å². The molecule has 0 saturated carbocycles. The first-order valence-electron chi connectivity index (χ1n) is 4.52. The van der Waals surface area contributed by atoms with E-state index in [2.05, 4.69) is 5.10 Å². The molecule has 0 aromatic carbocycles. The van der Waals surface area contributed by atoms with Crippen LogP contribution in [-0.4, -0.2) is 50.6 Å². The Morgan fingerprint density at radius 1 is 1.53 bits per heavy atom. The fraction of sp³-hybridized carbons (Fsp3) is 0.625. The summed E-state index contributed by atoms with van der Waals surface area (Å²) in [6.45, 7) is 1.20. The van der Waals surface area contributed by atoms with E-state index in [0.717, 1.165) is 0 Å². The quantitative estimate of drug-likeness (QED) is 0.722. The second kappa shape index (κ2) is 5.24. The van der Waals surface area contributed by atoms with Crippen LogP contribution in [-0.2, 0) is 18.3 Å². The van der Waals surface area contributed by atoms with Crippen LogP contribution < -0.4 is 4.31 Å². The van der Waals surface area contributed by atoms with Gasteiger partial charge in [0.1, 0.15) is 0 Å². The Bertz CT molecular complexity index is 339. The Labute approximate surface area is 91.9 Å². The standard InChI is InChI=1S/C8H16N4O2S/c1-10(2)4-5-12(15(13)14)8-6-9-11(3)7-8/h6-7H,4-5H2,1-3H3,(H,13,14). The minimum absolute atomic E-state index is 0.488. The molecule has 1 aromatic rings. The maximum atomic E-state index is 11.1. The van der Waals surface area contributed by atoms with Crippen LogP contribution in [0.15, 0.2) is 12.4 Å². The zero-order valence-electron chi connectivity index (χ0n) is 9.12. The van der Waals surface area contributed by atoms with E-state index in [-0.39, 0.29) is 0 Å². The number of hydrogen-bond acceptors (Lipinski definition) is 3. The third kappa shape index (κ3) is 3.61. The first-order chi connectivity index (χ1) is 7.00. The van der Waals surface area contributed by atoms with Gasteiger partial charge in [-0.15, -0.1) is 0 Å². The van der Waals surface area contributed by atoms with E-state index in [0.29, 0.717) is 18.8 Å². The van der Waals surface area contributed by atoms with Crippen LogP contribution >= 0.6 is 0 Å². The maximum absolute atomic E-state index is 11.1. The van der Waals surface area contributed by atoms with Crippen molar-refractivity contribution in [2.75, 3.05) is 31.5 Å². The Kier molecular flexibility index (Phi) is 4.25. The van der Waals surface area contributed by atoms with Crippen molar-refractivity contribution < 1.29 is 8.76 Å². The van der Waals surface area contributed by atoms with Crippen molar-refractivity contribution in [3.63, 3.8) is 0 Å². The van der Waals surface area contributed by atoms with Gasteiger partial charge in [0.05, 0.1) is 11.9 Å². The third-order valence-corrected chi connectivity index (χ3v) is 2.69. The summed E-state index contributed by atoms with van der Waals surface area (Å²) in [5.74, 6) is 0. The lowest BCUT2D eigenvalue weighted by Gasteiger charge is -2.19. The Balaban J connectivity index is 2.70. The summed E-state index contributed by atoms with van der Waals surface area (Å²) in [4.78, 5) is 1.95. The Hall–Kier alpha value is -0.920. The van der Waals surface area contributed by atoms with Crippen molar-refractivity contribution in [2.24, 2.45) is 7.05 Å². The number of aryl methyl sites for hydroxylation is 1. The summed E-state index contributed by atoms with van der Waals surface area (Å²) < 4.78 is 23.2. The third-order valence-electron chi connectivity index (χ3n) is 1.92. The molecule has 0 spiro atoms. The SMILES string of the molecule is CN(C)CCN(c1cnn(C)c1)S(=O)O. The zero-order valence-corrected chi connectivity index (χ0v) is 9.94. The van der Waals surface area contributed by atoms with Crippen molar-refractivity contribution >= 4 is 17.0 Å². The molecule has 0 saturated heterocycles. The van der Waals surface area contributed by atoms with Crippen molar-refractivity contribution in [1.82, 2.24) is 14.7 Å². The van der Waals surface area contributed by atoms with Crippen LogP contribution in [0.5, 0.6) is 0 Å². The lowest BCUT2D eigenvalue weighted by atomic mass is 10.5. The van der Waals surface area contributed by atoms with Gasteiger partial charge in [0.2, 0.25) is 0 Å². The first kappa shape index (κ1) is 12.2. The van der Waals surface area contributed by atoms with Gasteiger partial charge in [0, 0.05) is 26.3 Å². The average Bonchev–Trinajstić information content (AvgIpc) is 2.51. The summed E-state index contributed by atoms with van der Waals surface area (Å²) >= 11 is -2.00. The van der Waals surface area contributed by atoms with Crippen molar-refractivity contribution in [3.8, 4) is 0 Å². The molecular weight excluding hydrogens is 216 g/mol. The fourth-order valence-corrected chi connectivity index (χ4v) is 1.64. The lowest BCUT2D eigenvalue weighted by Crippen LogP contribution is -2.32. The second-order valence-corrected chi connectivity index (χ2v) is 4.41. The zero-order chi connectivity index (χ0) is 11.4. The molecule has 0 aliphatic heterocycles. The summed E-state index contributed by atoms with van der Waals surface area (Å²) in [5.41, 5.74) is 0.653. The van der Waals surface area contributed by atoms with Gasteiger partial charge in [0.25, 0.3) is 11.3 Å². The number of rotatable bonds is 5. The predicted octanol–water partition coefficient (Wildman–Crippen LogP) is -0.0752. The molecule has 7 heteroatoms.